The summed E-state index contributed by atoms with van der Waals surface area (Å²) in [5.74, 6) is -0.903. The van der Waals surface area contributed by atoms with Gasteiger partial charge in [-0.15, -0.1) is 0 Å². The van der Waals surface area contributed by atoms with Crippen LogP contribution in [0.1, 0.15) is 32.9 Å². The van der Waals surface area contributed by atoms with Gasteiger partial charge in [0.25, 0.3) is 0 Å². The first-order valence-electron chi connectivity index (χ1n) is 7.95. The third-order valence-electron chi connectivity index (χ3n) is 4.26. The van der Waals surface area contributed by atoms with E-state index in [9.17, 15) is 4.79 Å². The van der Waals surface area contributed by atoms with Crippen LogP contribution in [0.4, 0.5) is 0 Å². The molecule has 1 N–H and O–H groups in total. The molecule has 0 aliphatic heterocycles. The van der Waals surface area contributed by atoms with Gasteiger partial charge in [-0.05, 0) is 31.5 Å². The highest BCUT2D eigenvalue weighted by molar-refractivity contribution is 5.87. The number of aryl methyl sites for hydroxylation is 2. The Balaban J connectivity index is 2.14. The number of methoxy groups -OCH3 is 1. The molecule has 0 atom stereocenters. The lowest BCUT2D eigenvalue weighted by molar-refractivity contribution is 0.0697. The predicted octanol–water partition coefficient (Wildman–Crippen LogP) is 2.38. The van der Waals surface area contributed by atoms with Crippen molar-refractivity contribution in [3.05, 3.63) is 52.3 Å². The summed E-state index contributed by atoms with van der Waals surface area (Å²) in [5, 5.41) is 13.5. The highest BCUT2D eigenvalue weighted by Gasteiger charge is 2.14. The Morgan fingerprint density at radius 2 is 1.92 bits per heavy atom. The summed E-state index contributed by atoms with van der Waals surface area (Å²) in [6.45, 7) is 7.06. The summed E-state index contributed by atoms with van der Waals surface area (Å²) >= 11 is 0. The molecule has 2 aromatic rings. The molecule has 0 fully saturated rings. The van der Waals surface area contributed by atoms with Gasteiger partial charge in [-0.1, -0.05) is 12.1 Å². The summed E-state index contributed by atoms with van der Waals surface area (Å²) in [6.07, 6.45) is 0. The van der Waals surface area contributed by atoms with Crippen molar-refractivity contribution in [1.82, 2.24) is 14.7 Å². The van der Waals surface area contributed by atoms with E-state index in [0.29, 0.717) is 12.2 Å². The number of aromatic nitrogens is 2. The van der Waals surface area contributed by atoms with Crippen molar-refractivity contribution in [1.29, 1.82) is 0 Å². The van der Waals surface area contributed by atoms with Crippen LogP contribution in [-0.4, -0.2) is 46.0 Å². The lowest BCUT2D eigenvalue weighted by Gasteiger charge is -2.22. The molecule has 130 valence electrons. The number of rotatable bonds is 8. The van der Waals surface area contributed by atoms with Crippen molar-refractivity contribution in [3.8, 4) is 0 Å². The van der Waals surface area contributed by atoms with E-state index in [2.05, 4.69) is 16.9 Å². The number of carboxylic acids is 1. The average molecular weight is 331 g/mol. The smallest absolute Gasteiger partial charge is 0.335 e. The van der Waals surface area contributed by atoms with Crippen LogP contribution in [0.15, 0.2) is 24.3 Å². The van der Waals surface area contributed by atoms with Gasteiger partial charge in [-0.25, -0.2) is 4.79 Å². The average Bonchev–Trinajstić information content (AvgIpc) is 2.79. The molecule has 1 aromatic carbocycles. The van der Waals surface area contributed by atoms with Gasteiger partial charge in [-0.2, -0.15) is 5.10 Å². The molecule has 6 nitrogen and oxygen atoms in total. The van der Waals surface area contributed by atoms with E-state index < -0.39 is 5.97 Å². The number of hydrogen-bond donors (Lipinski definition) is 1. The molecule has 1 aromatic heterocycles. The Labute approximate surface area is 142 Å². The van der Waals surface area contributed by atoms with Crippen molar-refractivity contribution >= 4 is 5.97 Å². The number of carbonyl (C=O) groups is 1. The Hall–Kier alpha value is -2.18. The van der Waals surface area contributed by atoms with Crippen molar-refractivity contribution in [2.75, 3.05) is 20.3 Å². The van der Waals surface area contributed by atoms with Gasteiger partial charge in [-0.3, -0.25) is 9.58 Å². The molecule has 0 spiro atoms. The van der Waals surface area contributed by atoms with Crippen molar-refractivity contribution < 1.29 is 14.6 Å². The van der Waals surface area contributed by atoms with E-state index in [-0.39, 0.29) is 0 Å². The van der Waals surface area contributed by atoms with E-state index in [1.165, 1.54) is 5.56 Å². The lowest BCUT2D eigenvalue weighted by atomic mass is 10.1. The minimum absolute atomic E-state index is 0.307. The van der Waals surface area contributed by atoms with Gasteiger partial charge in [0.1, 0.15) is 0 Å². The molecule has 0 unspecified atom stereocenters. The molecule has 1 heterocycles. The van der Waals surface area contributed by atoms with Crippen LogP contribution in [-0.2, 0) is 24.9 Å². The Kier molecular flexibility index (Phi) is 6.11. The normalized spacial score (nSPS) is 11.2. The van der Waals surface area contributed by atoms with E-state index in [1.54, 1.807) is 19.2 Å². The van der Waals surface area contributed by atoms with Gasteiger partial charge in [0.05, 0.1) is 17.9 Å². The van der Waals surface area contributed by atoms with Gasteiger partial charge < -0.3 is 9.84 Å². The third kappa shape index (κ3) is 4.43. The lowest BCUT2D eigenvalue weighted by Crippen LogP contribution is -2.27. The first kappa shape index (κ1) is 18.2. The van der Waals surface area contributed by atoms with Gasteiger partial charge >= 0.3 is 5.97 Å². The minimum atomic E-state index is -0.903. The van der Waals surface area contributed by atoms with Crippen LogP contribution in [0, 0.1) is 13.8 Å². The summed E-state index contributed by atoms with van der Waals surface area (Å²) in [4.78, 5) is 13.2. The van der Waals surface area contributed by atoms with Gasteiger partial charge in [0.15, 0.2) is 0 Å². The third-order valence-corrected chi connectivity index (χ3v) is 4.26. The van der Waals surface area contributed by atoms with Crippen LogP contribution in [0.2, 0.25) is 0 Å². The molecule has 0 aliphatic rings. The Bertz CT molecular complexity index is 692. The van der Waals surface area contributed by atoms with Crippen molar-refractivity contribution in [3.63, 3.8) is 0 Å². The predicted molar refractivity (Wildman–Crippen MR) is 92.1 cm³/mol. The monoisotopic (exact) mass is 331 g/mol. The highest BCUT2D eigenvalue weighted by Crippen LogP contribution is 2.17. The fourth-order valence-electron chi connectivity index (χ4n) is 2.72. The molecule has 6 heteroatoms. The number of benzene rings is 1. The molecule has 0 aliphatic carbocycles. The molecule has 24 heavy (non-hydrogen) atoms. The van der Waals surface area contributed by atoms with Crippen LogP contribution in [0.25, 0.3) is 0 Å². The SMILES string of the molecule is COCCN(Cc1ccc(C(=O)O)cc1)Cc1c(C)nn(C)c1C. The van der Waals surface area contributed by atoms with Gasteiger partial charge in [0.2, 0.25) is 0 Å². The molecular formula is C18H25N3O3. The second-order valence-electron chi connectivity index (χ2n) is 5.98. The Morgan fingerprint density at radius 3 is 2.42 bits per heavy atom. The number of ether oxygens (including phenoxy) is 1. The van der Waals surface area contributed by atoms with Crippen LogP contribution in [0.3, 0.4) is 0 Å². The van der Waals surface area contributed by atoms with E-state index in [0.717, 1.165) is 36.6 Å². The molecule has 0 bridgehead atoms. The Morgan fingerprint density at radius 1 is 1.25 bits per heavy atom. The topological polar surface area (TPSA) is 67.6 Å². The zero-order chi connectivity index (χ0) is 17.7. The van der Waals surface area contributed by atoms with E-state index >= 15 is 0 Å². The van der Waals surface area contributed by atoms with Crippen molar-refractivity contribution in [2.45, 2.75) is 26.9 Å². The van der Waals surface area contributed by atoms with Crippen LogP contribution in [0.5, 0.6) is 0 Å². The molecule has 0 radical (unpaired) electrons. The van der Waals surface area contributed by atoms with E-state index in [4.69, 9.17) is 9.84 Å². The van der Waals surface area contributed by atoms with E-state index in [1.807, 2.05) is 30.8 Å². The number of carboxylic acid groups (broad SMARTS) is 1. The zero-order valence-electron chi connectivity index (χ0n) is 14.7. The minimum Gasteiger partial charge on any atom is -0.478 e. The number of hydrogen-bond acceptors (Lipinski definition) is 4. The highest BCUT2D eigenvalue weighted by atomic mass is 16.5. The first-order chi connectivity index (χ1) is 11.4. The summed E-state index contributed by atoms with van der Waals surface area (Å²) in [5.41, 5.74) is 4.82. The quantitative estimate of drug-likeness (QED) is 0.804. The second-order valence-corrected chi connectivity index (χ2v) is 5.98. The van der Waals surface area contributed by atoms with Crippen LogP contribution >= 0.6 is 0 Å². The fraction of sp³-hybridized carbons (Fsp3) is 0.444. The summed E-state index contributed by atoms with van der Waals surface area (Å²) in [7, 11) is 3.65. The maximum absolute atomic E-state index is 11.0. The molecule has 0 saturated heterocycles. The second kappa shape index (κ2) is 8.08. The molecule has 0 saturated carbocycles. The maximum atomic E-state index is 11.0. The molecule has 2 rings (SSSR count). The summed E-state index contributed by atoms with van der Waals surface area (Å²) in [6, 6.07) is 7.03. The first-order valence-corrected chi connectivity index (χ1v) is 7.95. The van der Waals surface area contributed by atoms with Gasteiger partial charge in [0, 0.05) is 45.0 Å². The zero-order valence-corrected chi connectivity index (χ0v) is 14.7. The van der Waals surface area contributed by atoms with Crippen molar-refractivity contribution in [2.24, 2.45) is 7.05 Å². The van der Waals surface area contributed by atoms with Crippen LogP contribution < -0.4 is 0 Å². The molecular weight excluding hydrogens is 306 g/mol. The largest absolute Gasteiger partial charge is 0.478 e. The standard InChI is InChI=1S/C18H25N3O3/c1-13-17(14(2)20(3)19-13)12-21(9-10-24-4)11-15-5-7-16(8-6-15)18(22)23/h5-8H,9-12H2,1-4H3,(H,22,23). The molecule has 0 amide bonds. The summed E-state index contributed by atoms with van der Waals surface area (Å²) < 4.78 is 7.13. The number of nitrogens with zero attached hydrogens (tertiary/aromatic N) is 3. The maximum Gasteiger partial charge on any atom is 0.335 e. The number of aromatic carboxylic acids is 1. The fourth-order valence-corrected chi connectivity index (χ4v) is 2.72.